The molecule has 0 N–H and O–H groups in total. The Morgan fingerprint density at radius 2 is 2.00 bits per heavy atom. The van der Waals surface area contributed by atoms with E-state index in [1.165, 1.54) is 13.8 Å². The van der Waals surface area contributed by atoms with Crippen molar-refractivity contribution in [1.29, 1.82) is 0 Å². The van der Waals surface area contributed by atoms with Crippen LogP contribution in [0.2, 0.25) is 0 Å². The van der Waals surface area contributed by atoms with E-state index >= 15 is 0 Å². The molecule has 0 bridgehead atoms. The molecule has 0 aliphatic heterocycles. The minimum Gasteiger partial charge on any atom is -0.426 e. The van der Waals surface area contributed by atoms with Gasteiger partial charge in [0.2, 0.25) is 0 Å². The van der Waals surface area contributed by atoms with Gasteiger partial charge in [-0.1, -0.05) is 30.8 Å². The molecule has 0 fully saturated rings. The van der Waals surface area contributed by atoms with Gasteiger partial charge in [-0.3, -0.25) is 9.59 Å². The summed E-state index contributed by atoms with van der Waals surface area (Å²) >= 11 is 1.13. The number of benzene rings is 1. The van der Waals surface area contributed by atoms with Crippen LogP contribution in [0.15, 0.2) is 23.1 Å². The predicted molar refractivity (Wildman–Crippen MR) is 78.4 cm³/mol. The zero-order chi connectivity index (χ0) is 14.4. The Kier molecular flexibility index (Phi) is 5.83. The van der Waals surface area contributed by atoms with Gasteiger partial charge in [-0.2, -0.15) is 0 Å². The van der Waals surface area contributed by atoms with E-state index in [0.717, 1.165) is 34.2 Å². The van der Waals surface area contributed by atoms with Crippen molar-refractivity contribution < 1.29 is 14.3 Å². The Labute approximate surface area is 118 Å². The van der Waals surface area contributed by atoms with E-state index in [2.05, 4.69) is 0 Å². The van der Waals surface area contributed by atoms with Crippen LogP contribution in [0.1, 0.15) is 38.3 Å². The van der Waals surface area contributed by atoms with Gasteiger partial charge in [0.15, 0.2) is 5.12 Å². The third kappa shape index (κ3) is 4.91. The maximum absolute atomic E-state index is 11.2. The Morgan fingerprint density at radius 3 is 2.53 bits per heavy atom. The summed E-state index contributed by atoms with van der Waals surface area (Å²) in [6, 6.07) is 3.66. The van der Waals surface area contributed by atoms with Crippen LogP contribution >= 0.6 is 11.8 Å². The van der Waals surface area contributed by atoms with Gasteiger partial charge in [0.25, 0.3) is 0 Å². The molecule has 1 aromatic rings. The summed E-state index contributed by atoms with van der Waals surface area (Å²) in [6.45, 7) is 6.83. The fraction of sp³-hybridized carbons (Fsp3) is 0.333. The number of thioether (sulfide) groups is 1. The molecule has 0 aliphatic rings. The van der Waals surface area contributed by atoms with E-state index in [9.17, 15) is 9.59 Å². The summed E-state index contributed by atoms with van der Waals surface area (Å²) in [7, 11) is 0. The highest BCUT2D eigenvalue weighted by Crippen LogP contribution is 2.31. The standard InChI is InChI=1S/C15H18O3S/c1-5-6-7-13-8-14(19-12(4)17)9-15(10(13)2)18-11(3)16/h6-9H,5H2,1-4H3/b7-6-. The van der Waals surface area contributed by atoms with Gasteiger partial charge in [-0.25, -0.2) is 0 Å². The highest BCUT2D eigenvalue weighted by Gasteiger charge is 2.10. The largest absolute Gasteiger partial charge is 0.426 e. The molecule has 0 aliphatic carbocycles. The number of rotatable bonds is 4. The lowest BCUT2D eigenvalue weighted by Gasteiger charge is -2.11. The third-order valence-electron chi connectivity index (χ3n) is 2.42. The predicted octanol–water partition coefficient (Wildman–Crippen LogP) is 3.98. The molecule has 4 heteroatoms. The molecule has 0 unspecified atom stereocenters. The van der Waals surface area contributed by atoms with Crippen molar-refractivity contribution in [3.63, 3.8) is 0 Å². The lowest BCUT2D eigenvalue weighted by atomic mass is 10.1. The molecule has 0 spiro atoms. The molecular formula is C15H18O3S. The van der Waals surface area contributed by atoms with E-state index in [-0.39, 0.29) is 11.1 Å². The quantitative estimate of drug-likeness (QED) is 0.474. The summed E-state index contributed by atoms with van der Waals surface area (Å²) in [6.07, 6.45) is 4.93. The SMILES string of the molecule is CC/C=C\c1cc(SC(C)=O)cc(OC(C)=O)c1C. The van der Waals surface area contributed by atoms with Crippen LogP contribution in [0.4, 0.5) is 0 Å². The van der Waals surface area contributed by atoms with Crippen molar-refractivity contribution >= 4 is 28.9 Å². The fourth-order valence-electron chi connectivity index (χ4n) is 1.59. The fourth-order valence-corrected chi connectivity index (χ4v) is 2.27. The van der Waals surface area contributed by atoms with Gasteiger partial charge in [0.1, 0.15) is 5.75 Å². The van der Waals surface area contributed by atoms with E-state index in [1.807, 2.05) is 32.1 Å². The minimum absolute atomic E-state index is 0.00282. The molecule has 0 saturated heterocycles. The second-order valence-electron chi connectivity index (χ2n) is 4.13. The van der Waals surface area contributed by atoms with Crippen molar-refractivity contribution in [2.75, 3.05) is 0 Å². The molecule has 102 valence electrons. The lowest BCUT2D eigenvalue weighted by molar-refractivity contribution is -0.131. The van der Waals surface area contributed by atoms with E-state index in [1.54, 1.807) is 6.07 Å². The average molecular weight is 278 g/mol. The molecule has 0 amide bonds. The number of hydrogen-bond donors (Lipinski definition) is 0. The average Bonchev–Trinajstić information content (AvgIpc) is 2.30. The first-order valence-electron chi connectivity index (χ1n) is 6.12. The summed E-state index contributed by atoms with van der Waals surface area (Å²) in [5.41, 5.74) is 1.86. The van der Waals surface area contributed by atoms with Crippen molar-refractivity contribution in [3.8, 4) is 5.75 Å². The minimum atomic E-state index is -0.363. The van der Waals surface area contributed by atoms with Gasteiger partial charge in [-0.05, 0) is 36.6 Å². The Morgan fingerprint density at radius 1 is 1.32 bits per heavy atom. The molecule has 1 aromatic carbocycles. The summed E-state index contributed by atoms with van der Waals surface area (Å²) in [5, 5.41) is 0.00282. The second kappa shape index (κ2) is 7.14. The van der Waals surface area contributed by atoms with Crippen LogP contribution in [0.25, 0.3) is 6.08 Å². The number of carbonyl (C=O) groups is 2. The van der Waals surface area contributed by atoms with Crippen LogP contribution in [0.5, 0.6) is 5.75 Å². The topological polar surface area (TPSA) is 43.4 Å². The maximum atomic E-state index is 11.2. The smallest absolute Gasteiger partial charge is 0.308 e. The number of esters is 1. The van der Waals surface area contributed by atoms with Crippen molar-refractivity contribution in [3.05, 3.63) is 29.3 Å². The second-order valence-corrected chi connectivity index (χ2v) is 5.38. The molecule has 0 saturated carbocycles. The van der Waals surface area contributed by atoms with Gasteiger partial charge in [0.05, 0.1) is 0 Å². The first kappa shape index (κ1) is 15.5. The molecule has 0 atom stereocenters. The molecule has 3 nitrogen and oxygen atoms in total. The molecular weight excluding hydrogens is 260 g/mol. The van der Waals surface area contributed by atoms with Crippen LogP contribution < -0.4 is 4.74 Å². The molecule has 0 radical (unpaired) electrons. The Bertz CT molecular complexity index is 518. The van der Waals surface area contributed by atoms with Crippen molar-refractivity contribution in [2.24, 2.45) is 0 Å². The third-order valence-corrected chi connectivity index (χ3v) is 3.18. The summed E-state index contributed by atoms with van der Waals surface area (Å²) in [5.74, 6) is 0.146. The van der Waals surface area contributed by atoms with E-state index < -0.39 is 0 Å². The Hall–Kier alpha value is -1.55. The van der Waals surface area contributed by atoms with Crippen LogP contribution in [-0.2, 0) is 9.59 Å². The Balaban J connectivity index is 3.24. The molecule has 1 rings (SSSR count). The molecule has 0 heterocycles. The van der Waals surface area contributed by atoms with Crippen molar-refractivity contribution in [1.82, 2.24) is 0 Å². The zero-order valence-electron chi connectivity index (χ0n) is 11.6. The zero-order valence-corrected chi connectivity index (χ0v) is 12.5. The van der Waals surface area contributed by atoms with Crippen molar-refractivity contribution in [2.45, 2.75) is 39.0 Å². The maximum Gasteiger partial charge on any atom is 0.308 e. The number of carbonyl (C=O) groups excluding carboxylic acids is 2. The monoisotopic (exact) mass is 278 g/mol. The first-order chi connectivity index (χ1) is 8.93. The van der Waals surface area contributed by atoms with Crippen LogP contribution in [0.3, 0.4) is 0 Å². The summed E-state index contributed by atoms with van der Waals surface area (Å²) in [4.78, 5) is 23.1. The highest BCUT2D eigenvalue weighted by molar-refractivity contribution is 8.13. The van der Waals surface area contributed by atoms with Gasteiger partial charge < -0.3 is 4.74 Å². The number of hydrogen-bond acceptors (Lipinski definition) is 4. The number of ether oxygens (including phenoxy) is 1. The van der Waals surface area contributed by atoms with Crippen LogP contribution in [0, 0.1) is 6.92 Å². The lowest BCUT2D eigenvalue weighted by Crippen LogP contribution is -2.04. The van der Waals surface area contributed by atoms with E-state index in [0.29, 0.717) is 5.75 Å². The number of allylic oxidation sites excluding steroid dienone is 1. The highest BCUT2D eigenvalue weighted by atomic mass is 32.2. The van der Waals surface area contributed by atoms with Gasteiger partial charge in [-0.15, -0.1) is 0 Å². The van der Waals surface area contributed by atoms with E-state index in [4.69, 9.17) is 4.74 Å². The van der Waals surface area contributed by atoms with Gasteiger partial charge >= 0.3 is 5.97 Å². The molecule has 0 aromatic heterocycles. The normalized spacial score (nSPS) is 10.7. The molecule has 19 heavy (non-hydrogen) atoms. The summed E-state index contributed by atoms with van der Waals surface area (Å²) < 4.78 is 5.19. The first-order valence-corrected chi connectivity index (χ1v) is 6.93. The van der Waals surface area contributed by atoms with Crippen LogP contribution in [-0.4, -0.2) is 11.1 Å². The van der Waals surface area contributed by atoms with Gasteiger partial charge in [0, 0.05) is 18.7 Å².